The first-order chi connectivity index (χ1) is 15.3. The molecule has 1 amide bonds. The minimum Gasteiger partial charge on any atom is -0.336 e. The first kappa shape index (κ1) is 21.7. The fourth-order valence-electron chi connectivity index (χ4n) is 3.85. The van der Waals surface area contributed by atoms with Gasteiger partial charge in [-0.3, -0.25) is 14.9 Å². The molecule has 2 heterocycles. The van der Waals surface area contributed by atoms with E-state index >= 15 is 0 Å². The molecule has 4 rings (SSSR count). The van der Waals surface area contributed by atoms with Gasteiger partial charge in [0.05, 0.1) is 21.1 Å². The van der Waals surface area contributed by atoms with Crippen molar-refractivity contribution in [3.8, 4) is 5.69 Å². The minimum absolute atomic E-state index is 0.00328. The van der Waals surface area contributed by atoms with E-state index in [1.807, 2.05) is 48.1 Å². The molecule has 9 nitrogen and oxygen atoms in total. The van der Waals surface area contributed by atoms with Crippen molar-refractivity contribution in [3.05, 3.63) is 88.2 Å². The van der Waals surface area contributed by atoms with Gasteiger partial charge in [-0.2, -0.15) is 4.31 Å². The molecule has 3 aromatic rings. The van der Waals surface area contributed by atoms with Gasteiger partial charge in [0.25, 0.3) is 11.6 Å². The molecule has 0 unspecified atom stereocenters. The summed E-state index contributed by atoms with van der Waals surface area (Å²) in [4.78, 5) is 25.2. The Balaban J connectivity index is 1.50. The molecule has 0 saturated carbocycles. The third kappa shape index (κ3) is 4.02. The van der Waals surface area contributed by atoms with Crippen LogP contribution in [0.5, 0.6) is 0 Å². The van der Waals surface area contributed by atoms with Crippen molar-refractivity contribution in [2.75, 3.05) is 26.2 Å². The number of nitrogens with zero attached hydrogens (tertiary/aromatic N) is 4. The third-order valence-electron chi connectivity index (χ3n) is 5.54. The van der Waals surface area contributed by atoms with E-state index in [9.17, 15) is 23.3 Å². The van der Waals surface area contributed by atoms with Crippen LogP contribution in [-0.2, 0) is 10.0 Å². The lowest BCUT2D eigenvalue weighted by atomic mass is 10.1. The van der Waals surface area contributed by atoms with Crippen LogP contribution >= 0.6 is 0 Å². The van der Waals surface area contributed by atoms with Crippen molar-refractivity contribution in [1.29, 1.82) is 0 Å². The van der Waals surface area contributed by atoms with E-state index in [-0.39, 0.29) is 42.7 Å². The number of non-ortho nitro benzene ring substituents is 1. The van der Waals surface area contributed by atoms with E-state index in [1.54, 1.807) is 11.0 Å². The maximum absolute atomic E-state index is 13.3. The molecule has 1 aliphatic rings. The number of carbonyl (C=O) groups excluding carboxylic acids is 1. The van der Waals surface area contributed by atoms with Gasteiger partial charge in [-0.25, -0.2) is 8.42 Å². The number of nitro groups is 1. The standard InChI is InChI=1S/C22H22N4O5S/c1-17-5-4-6-20(21(17)23-11-2-3-12-23)22(27)24-13-15-25(16-14-24)32(30,31)19-9-7-18(8-10-19)26(28)29/h2-12H,13-16H2,1H3. The summed E-state index contributed by atoms with van der Waals surface area (Å²) in [7, 11) is -3.80. The molecule has 0 radical (unpaired) electrons. The topological polar surface area (TPSA) is 106 Å². The second kappa shape index (κ2) is 8.56. The summed E-state index contributed by atoms with van der Waals surface area (Å²) in [6.07, 6.45) is 3.77. The lowest BCUT2D eigenvalue weighted by Gasteiger charge is -2.34. The molecular weight excluding hydrogens is 432 g/mol. The van der Waals surface area contributed by atoms with E-state index in [1.165, 1.54) is 28.6 Å². The number of aromatic nitrogens is 1. The highest BCUT2D eigenvalue weighted by atomic mass is 32.2. The molecule has 1 aliphatic heterocycles. The molecule has 10 heteroatoms. The number of piperazine rings is 1. The van der Waals surface area contributed by atoms with Crippen LogP contribution in [0.15, 0.2) is 71.9 Å². The third-order valence-corrected chi connectivity index (χ3v) is 7.45. The molecule has 166 valence electrons. The maximum atomic E-state index is 13.3. The van der Waals surface area contributed by atoms with Crippen LogP contribution in [0.2, 0.25) is 0 Å². The summed E-state index contributed by atoms with van der Waals surface area (Å²) in [6.45, 7) is 2.75. The highest BCUT2D eigenvalue weighted by Crippen LogP contribution is 2.24. The molecule has 2 aromatic carbocycles. The predicted molar refractivity (Wildman–Crippen MR) is 118 cm³/mol. The normalized spacial score (nSPS) is 15.0. The predicted octanol–water partition coefficient (Wildman–Crippen LogP) is 2.84. The van der Waals surface area contributed by atoms with Gasteiger partial charge < -0.3 is 9.47 Å². The Morgan fingerprint density at radius 1 is 0.938 bits per heavy atom. The second-order valence-corrected chi connectivity index (χ2v) is 9.45. The molecule has 0 spiro atoms. The monoisotopic (exact) mass is 454 g/mol. The van der Waals surface area contributed by atoms with Crippen LogP contribution in [0.3, 0.4) is 0 Å². The smallest absolute Gasteiger partial charge is 0.269 e. The highest BCUT2D eigenvalue weighted by Gasteiger charge is 2.31. The Kier molecular flexibility index (Phi) is 5.81. The Bertz CT molecular complexity index is 1250. The van der Waals surface area contributed by atoms with Crippen molar-refractivity contribution >= 4 is 21.6 Å². The fraction of sp³-hybridized carbons (Fsp3) is 0.227. The zero-order valence-electron chi connectivity index (χ0n) is 17.4. The molecule has 1 saturated heterocycles. The van der Waals surface area contributed by atoms with Crippen LogP contribution in [0.4, 0.5) is 5.69 Å². The number of rotatable bonds is 5. The fourth-order valence-corrected chi connectivity index (χ4v) is 5.27. The quantitative estimate of drug-likeness (QED) is 0.435. The van der Waals surface area contributed by atoms with Gasteiger partial charge in [0.15, 0.2) is 0 Å². The van der Waals surface area contributed by atoms with Gasteiger partial charge >= 0.3 is 0 Å². The minimum atomic E-state index is -3.80. The molecule has 1 fully saturated rings. The van der Waals surface area contributed by atoms with Gasteiger partial charge in [0.1, 0.15) is 0 Å². The van der Waals surface area contributed by atoms with Gasteiger partial charge in [-0.05, 0) is 42.8 Å². The average molecular weight is 455 g/mol. The second-order valence-electron chi connectivity index (χ2n) is 7.51. The zero-order valence-corrected chi connectivity index (χ0v) is 18.2. The first-order valence-electron chi connectivity index (χ1n) is 10.1. The lowest BCUT2D eigenvalue weighted by molar-refractivity contribution is -0.384. The Morgan fingerprint density at radius 2 is 1.56 bits per heavy atom. The van der Waals surface area contributed by atoms with Gasteiger partial charge in [-0.1, -0.05) is 12.1 Å². The number of carbonyl (C=O) groups is 1. The van der Waals surface area contributed by atoms with E-state index in [0.717, 1.165) is 11.3 Å². The Labute approximate surface area is 185 Å². The average Bonchev–Trinajstić information content (AvgIpc) is 3.33. The molecule has 0 N–H and O–H groups in total. The SMILES string of the molecule is Cc1cccc(C(=O)N2CCN(S(=O)(=O)c3ccc([N+](=O)[O-])cc3)CC2)c1-n1cccc1. The van der Waals surface area contributed by atoms with E-state index in [0.29, 0.717) is 5.56 Å². The van der Waals surface area contributed by atoms with E-state index in [4.69, 9.17) is 0 Å². The summed E-state index contributed by atoms with van der Waals surface area (Å²) >= 11 is 0. The Hall–Kier alpha value is -3.50. The van der Waals surface area contributed by atoms with Crippen molar-refractivity contribution in [2.24, 2.45) is 0 Å². The molecule has 1 aromatic heterocycles. The summed E-state index contributed by atoms with van der Waals surface area (Å²) in [6, 6.07) is 14.2. The lowest BCUT2D eigenvalue weighted by Crippen LogP contribution is -2.50. The number of amides is 1. The highest BCUT2D eigenvalue weighted by molar-refractivity contribution is 7.89. The van der Waals surface area contributed by atoms with Crippen LogP contribution in [-0.4, -0.2) is 59.2 Å². The van der Waals surface area contributed by atoms with Gasteiger partial charge in [-0.15, -0.1) is 0 Å². The first-order valence-corrected chi connectivity index (χ1v) is 11.5. The van der Waals surface area contributed by atoms with Crippen LogP contribution in [0, 0.1) is 17.0 Å². The van der Waals surface area contributed by atoms with Gasteiger partial charge in [0.2, 0.25) is 10.0 Å². The zero-order chi connectivity index (χ0) is 22.9. The van der Waals surface area contributed by atoms with Crippen LogP contribution in [0.1, 0.15) is 15.9 Å². The van der Waals surface area contributed by atoms with E-state index in [2.05, 4.69) is 0 Å². The van der Waals surface area contributed by atoms with Crippen LogP contribution in [0.25, 0.3) is 5.69 Å². The molecule has 0 atom stereocenters. The number of hydrogen-bond acceptors (Lipinski definition) is 5. The largest absolute Gasteiger partial charge is 0.336 e. The number of hydrogen-bond donors (Lipinski definition) is 0. The molecule has 32 heavy (non-hydrogen) atoms. The summed E-state index contributed by atoms with van der Waals surface area (Å²) in [5, 5.41) is 10.8. The van der Waals surface area contributed by atoms with Crippen molar-refractivity contribution in [1.82, 2.24) is 13.8 Å². The molecular formula is C22H22N4O5S. The van der Waals surface area contributed by atoms with Crippen molar-refractivity contribution in [3.63, 3.8) is 0 Å². The van der Waals surface area contributed by atoms with Crippen LogP contribution < -0.4 is 0 Å². The summed E-state index contributed by atoms with van der Waals surface area (Å²) < 4.78 is 29.0. The Morgan fingerprint density at radius 3 is 2.16 bits per heavy atom. The maximum Gasteiger partial charge on any atom is 0.269 e. The number of para-hydroxylation sites is 1. The number of sulfonamides is 1. The number of aryl methyl sites for hydroxylation is 1. The number of nitro benzene ring substituents is 1. The summed E-state index contributed by atoms with van der Waals surface area (Å²) in [5.41, 5.74) is 2.17. The van der Waals surface area contributed by atoms with Gasteiger partial charge in [0, 0.05) is 50.7 Å². The summed E-state index contributed by atoms with van der Waals surface area (Å²) in [5.74, 6) is -0.148. The molecule has 0 bridgehead atoms. The van der Waals surface area contributed by atoms with Crippen molar-refractivity contribution in [2.45, 2.75) is 11.8 Å². The molecule has 0 aliphatic carbocycles. The van der Waals surface area contributed by atoms with E-state index < -0.39 is 14.9 Å². The number of benzene rings is 2. The van der Waals surface area contributed by atoms with Crippen molar-refractivity contribution < 1.29 is 18.1 Å².